The Morgan fingerprint density at radius 3 is 1.56 bits per heavy atom. The summed E-state index contributed by atoms with van der Waals surface area (Å²) < 4.78 is 0. The molecule has 2 N–H and O–H groups in total. The summed E-state index contributed by atoms with van der Waals surface area (Å²) in [5, 5.41) is 0. The number of hydrogen-bond donors (Lipinski definition) is 0. The molecule has 0 saturated carbocycles. The Hall–Kier alpha value is 0.700. The number of hydrogen-bond acceptors (Lipinski definition) is 0. The zero-order valence-corrected chi connectivity index (χ0v) is 10.1. The largest absolute Gasteiger partial charge is 0.693 e. The second-order valence-corrected chi connectivity index (χ2v) is 1.21. The van der Waals surface area contributed by atoms with Crippen LogP contribution in [0.4, 0.5) is 0 Å². The molecule has 0 bridgehead atoms. The first kappa shape index (κ1) is 33.2. The van der Waals surface area contributed by atoms with Gasteiger partial charge in [0.25, 0.3) is 0 Å². The zero-order chi connectivity index (χ0) is 4.12. The maximum absolute atomic E-state index is 3.68. The molecule has 0 aromatic rings. The third kappa shape index (κ3) is 53.6. The summed E-state index contributed by atoms with van der Waals surface area (Å²) in [6.07, 6.45) is 3.65. The van der Waals surface area contributed by atoms with Crippen molar-refractivity contribution in [3.63, 3.8) is 0 Å². The molecule has 0 heterocycles. The molecule has 0 fully saturated rings. The Labute approximate surface area is 76.7 Å². The molecule has 0 rings (SSSR count). The molecule has 2 heteroatoms. The standard InChI is InChI=1S/C5H11.2CH3.H2N.Ta/c1-3-5-4-2;;;;/h1,3-5H2,2H3;2*1H3;1H2;/q4*-1;. The van der Waals surface area contributed by atoms with Gasteiger partial charge in [-0.15, -0.1) is 0 Å². The van der Waals surface area contributed by atoms with Crippen molar-refractivity contribution in [2.24, 2.45) is 0 Å². The molecule has 0 aromatic heterocycles. The predicted molar refractivity (Wildman–Crippen MR) is 43.0 cm³/mol. The molecule has 0 spiro atoms. The quantitative estimate of drug-likeness (QED) is 0.698. The summed E-state index contributed by atoms with van der Waals surface area (Å²) in [7, 11) is 0. The van der Waals surface area contributed by atoms with E-state index in [1.807, 2.05) is 0 Å². The van der Waals surface area contributed by atoms with Crippen LogP contribution in [0.5, 0.6) is 0 Å². The van der Waals surface area contributed by atoms with Crippen molar-refractivity contribution in [1.29, 1.82) is 0 Å². The van der Waals surface area contributed by atoms with Crippen molar-refractivity contribution in [1.82, 2.24) is 0 Å². The van der Waals surface area contributed by atoms with E-state index in [-0.39, 0.29) is 43.4 Å². The molecule has 0 unspecified atom stereocenters. The minimum absolute atomic E-state index is 0. The second-order valence-electron chi connectivity index (χ2n) is 1.21. The Morgan fingerprint density at radius 2 is 1.56 bits per heavy atom. The predicted octanol–water partition coefficient (Wildman–Crippen LogP) is 3.63. The van der Waals surface area contributed by atoms with Gasteiger partial charge >= 0.3 is 0 Å². The van der Waals surface area contributed by atoms with E-state index in [0.29, 0.717) is 0 Å². The van der Waals surface area contributed by atoms with Gasteiger partial charge in [0.05, 0.1) is 0 Å². The van der Waals surface area contributed by atoms with Crippen LogP contribution in [-0.2, 0) is 22.4 Å². The van der Waals surface area contributed by atoms with Crippen LogP contribution < -0.4 is 0 Å². The summed E-state index contributed by atoms with van der Waals surface area (Å²) >= 11 is 0. The summed E-state index contributed by atoms with van der Waals surface area (Å²) in [5.74, 6) is 0. The van der Waals surface area contributed by atoms with Crippen LogP contribution in [0, 0.1) is 21.8 Å². The van der Waals surface area contributed by atoms with E-state index in [1.165, 1.54) is 12.8 Å². The van der Waals surface area contributed by atoms with Gasteiger partial charge in [-0.25, -0.2) is 0 Å². The molecule has 0 aromatic carbocycles. The molecule has 61 valence electrons. The fraction of sp³-hybridized carbons (Fsp3) is 0.571. The first-order valence-electron chi connectivity index (χ1n) is 2.21. The molecule has 0 atom stereocenters. The average Bonchev–Trinajstić information content (AvgIpc) is 1.41. The van der Waals surface area contributed by atoms with Crippen molar-refractivity contribution in [3.05, 3.63) is 27.9 Å². The fourth-order valence-corrected chi connectivity index (χ4v) is 0.250. The smallest absolute Gasteiger partial charge is 0 e. The van der Waals surface area contributed by atoms with E-state index in [1.54, 1.807) is 0 Å². The van der Waals surface area contributed by atoms with Gasteiger partial charge in [0.2, 0.25) is 0 Å². The minimum Gasteiger partial charge on any atom is -0.693 e. The van der Waals surface area contributed by atoms with Gasteiger partial charge in [-0.05, 0) is 0 Å². The topological polar surface area (TPSA) is 33.5 Å². The van der Waals surface area contributed by atoms with Crippen molar-refractivity contribution >= 4 is 0 Å². The Kier molecular flexibility index (Phi) is 139. The van der Waals surface area contributed by atoms with E-state index in [4.69, 9.17) is 0 Å². The minimum atomic E-state index is 0. The Morgan fingerprint density at radius 1 is 1.22 bits per heavy atom. The number of unbranched alkanes of at least 4 members (excludes halogenated alkanes) is 2. The van der Waals surface area contributed by atoms with E-state index >= 15 is 0 Å². The van der Waals surface area contributed by atoms with E-state index in [9.17, 15) is 0 Å². The van der Waals surface area contributed by atoms with Crippen LogP contribution in [-0.4, -0.2) is 0 Å². The first-order valence-corrected chi connectivity index (χ1v) is 2.21. The molecule has 1 nitrogen and oxygen atoms in total. The van der Waals surface area contributed by atoms with Crippen LogP contribution in [0.1, 0.15) is 26.2 Å². The van der Waals surface area contributed by atoms with Crippen molar-refractivity contribution in [2.75, 3.05) is 0 Å². The zero-order valence-electron chi connectivity index (χ0n) is 6.85. The number of nitrogens with two attached hydrogens (primary N) is 1. The molecule has 0 aliphatic carbocycles. The Balaban J connectivity index is -0.0000000133. The second kappa shape index (κ2) is 37.7. The third-order valence-corrected chi connectivity index (χ3v) is 0.604. The molecule has 0 amide bonds. The summed E-state index contributed by atoms with van der Waals surface area (Å²) in [4.78, 5) is 0. The molecule has 0 aliphatic heterocycles. The maximum atomic E-state index is 3.68. The average molecular weight is 298 g/mol. The Bertz CT molecular complexity index is 16.4. The van der Waals surface area contributed by atoms with Gasteiger partial charge in [-0.3, -0.25) is 0 Å². The maximum Gasteiger partial charge on any atom is 0 e. The van der Waals surface area contributed by atoms with Gasteiger partial charge in [-0.2, -0.15) is 6.42 Å². The van der Waals surface area contributed by atoms with Crippen LogP contribution in [0.15, 0.2) is 0 Å². The van der Waals surface area contributed by atoms with Gasteiger partial charge in [0, 0.05) is 22.4 Å². The molecular weight excluding hydrogens is 279 g/mol. The molecule has 9 heavy (non-hydrogen) atoms. The normalized spacial score (nSPS) is 4.67. The summed E-state index contributed by atoms with van der Waals surface area (Å²) in [5.41, 5.74) is 0. The van der Waals surface area contributed by atoms with Gasteiger partial charge < -0.3 is 27.9 Å². The van der Waals surface area contributed by atoms with Crippen LogP contribution in [0.25, 0.3) is 6.15 Å². The van der Waals surface area contributed by atoms with Crippen molar-refractivity contribution in [3.8, 4) is 0 Å². The van der Waals surface area contributed by atoms with Crippen LogP contribution in [0.3, 0.4) is 0 Å². The summed E-state index contributed by atoms with van der Waals surface area (Å²) in [6, 6.07) is 0. The molecular formula is C7H19NTa-4. The van der Waals surface area contributed by atoms with Gasteiger partial charge in [0.1, 0.15) is 0 Å². The fourth-order valence-electron chi connectivity index (χ4n) is 0.250. The van der Waals surface area contributed by atoms with Crippen molar-refractivity contribution < 1.29 is 22.4 Å². The van der Waals surface area contributed by atoms with Crippen molar-refractivity contribution in [2.45, 2.75) is 26.2 Å². The third-order valence-electron chi connectivity index (χ3n) is 0.604. The van der Waals surface area contributed by atoms with Gasteiger partial charge in [0.15, 0.2) is 0 Å². The van der Waals surface area contributed by atoms with Crippen LogP contribution >= 0.6 is 0 Å². The first-order chi connectivity index (χ1) is 2.41. The van der Waals surface area contributed by atoms with E-state index in [2.05, 4.69) is 13.8 Å². The van der Waals surface area contributed by atoms with E-state index < -0.39 is 0 Å². The van der Waals surface area contributed by atoms with E-state index in [0.717, 1.165) is 6.42 Å². The molecule has 0 aliphatic rings. The SMILES string of the molecule is [CH2-]CCCC.[CH3-].[CH3-].[NH2-].[Ta]. The molecule has 0 saturated heterocycles. The number of rotatable bonds is 2. The van der Waals surface area contributed by atoms with Crippen LogP contribution in [0.2, 0.25) is 0 Å². The molecule has 1 radical (unpaired) electrons. The monoisotopic (exact) mass is 298 g/mol. The van der Waals surface area contributed by atoms with Gasteiger partial charge in [-0.1, -0.05) is 19.8 Å². The summed E-state index contributed by atoms with van der Waals surface area (Å²) in [6.45, 7) is 5.85.